The van der Waals surface area contributed by atoms with Gasteiger partial charge < -0.3 is 4.74 Å². The smallest absolute Gasteiger partial charge is 0.392 e. The predicted octanol–water partition coefficient (Wildman–Crippen LogP) is 3.10. The van der Waals surface area contributed by atoms with Crippen molar-refractivity contribution in [1.29, 1.82) is 0 Å². The maximum Gasteiger partial charge on any atom is 0.392 e. The van der Waals surface area contributed by atoms with Gasteiger partial charge in [-0.3, -0.25) is 0 Å². The first-order valence-electron chi connectivity index (χ1n) is 6.28. The van der Waals surface area contributed by atoms with Crippen molar-refractivity contribution in [3.63, 3.8) is 0 Å². The Morgan fingerprint density at radius 1 is 1.29 bits per heavy atom. The van der Waals surface area contributed by atoms with Crippen molar-refractivity contribution in [1.82, 2.24) is 0 Å². The first-order valence-corrected chi connectivity index (χ1v) is 7.83. The molecule has 0 fully saturated rings. The highest BCUT2D eigenvalue weighted by Gasteiger charge is 2.27. The van der Waals surface area contributed by atoms with E-state index in [1.807, 2.05) is 0 Å². The zero-order chi connectivity index (χ0) is 16.4. The molecule has 120 valence electrons. The van der Waals surface area contributed by atoms with Gasteiger partial charge in [-0.25, -0.2) is 13.6 Å². The number of halogens is 3. The monoisotopic (exact) mass is 325 g/mol. The molecule has 0 heterocycles. The van der Waals surface area contributed by atoms with E-state index in [9.17, 15) is 21.6 Å². The third kappa shape index (κ3) is 5.20. The highest BCUT2D eigenvalue weighted by molar-refractivity contribution is 7.89. The Balaban J connectivity index is 3.12. The van der Waals surface area contributed by atoms with Gasteiger partial charge in [0.2, 0.25) is 10.0 Å². The summed E-state index contributed by atoms with van der Waals surface area (Å²) >= 11 is 0. The molecule has 21 heavy (non-hydrogen) atoms. The second kappa shape index (κ2) is 6.23. The molecule has 0 atom stereocenters. The van der Waals surface area contributed by atoms with E-state index in [1.54, 1.807) is 13.8 Å². The van der Waals surface area contributed by atoms with Crippen LogP contribution in [0.4, 0.5) is 13.2 Å². The van der Waals surface area contributed by atoms with Gasteiger partial charge in [-0.2, -0.15) is 13.2 Å². The van der Waals surface area contributed by atoms with Crippen molar-refractivity contribution in [3.8, 4) is 5.75 Å². The van der Waals surface area contributed by atoms with Crippen molar-refractivity contribution in [2.24, 2.45) is 5.14 Å². The summed E-state index contributed by atoms with van der Waals surface area (Å²) in [6.45, 7) is 4.57. The number of rotatable bonds is 5. The highest BCUT2D eigenvalue weighted by atomic mass is 32.2. The Bertz CT molecular complexity index is 610. The average Bonchev–Trinajstić information content (AvgIpc) is 2.24. The minimum atomic E-state index is -4.30. The number of aryl methyl sites for hydroxylation is 1. The lowest BCUT2D eigenvalue weighted by Gasteiger charge is -2.17. The minimum Gasteiger partial charge on any atom is -0.493 e. The van der Waals surface area contributed by atoms with Crippen LogP contribution in [0.3, 0.4) is 0 Å². The molecular formula is C13H18F3NO3S. The van der Waals surface area contributed by atoms with Gasteiger partial charge in [0, 0.05) is 0 Å². The molecule has 8 heteroatoms. The van der Waals surface area contributed by atoms with Crippen LogP contribution in [-0.4, -0.2) is 21.2 Å². The lowest BCUT2D eigenvalue weighted by Crippen LogP contribution is -2.16. The van der Waals surface area contributed by atoms with E-state index in [0.717, 1.165) is 0 Å². The van der Waals surface area contributed by atoms with Crippen LogP contribution < -0.4 is 9.88 Å². The quantitative estimate of drug-likeness (QED) is 0.904. The molecule has 0 aromatic heterocycles. The molecule has 0 aliphatic heterocycles. The van der Waals surface area contributed by atoms with E-state index in [2.05, 4.69) is 0 Å². The summed E-state index contributed by atoms with van der Waals surface area (Å²) in [4.78, 5) is -0.0469. The first kappa shape index (κ1) is 17.8. The summed E-state index contributed by atoms with van der Waals surface area (Å²) in [5.41, 5.74) is 0.843. The Morgan fingerprint density at radius 2 is 1.86 bits per heavy atom. The van der Waals surface area contributed by atoms with Crippen LogP contribution in [0.5, 0.6) is 5.75 Å². The zero-order valence-corrected chi connectivity index (χ0v) is 12.8. The van der Waals surface area contributed by atoms with E-state index in [1.165, 1.54) is 19.1 Å². The molecule has 2 N–H and O–H groups in total. The molecule has 0 amide bonds. The summed E-state index contributed by atoms with van der Waals surface area (Å²) in [6, 6.07) is 2.77. The number of hydrogen-bond donors (Lipinski definition) is 1. The Morgan fingerprint density at radius 3 is 2.29 bits per heavy atom. The minimum absolute atomic E-state index is 0.0469. The van der Waals surface area contributed by atoms with Crippen molar-refractivity contribution >= 4 is 10.0 Å². The van der Waals surface area contributed by atoms with Crippen LogP contribution in [-0.2, 0) is 10.0 Å². The number of primary sulfonamides is 1. The lowest BCUT2D eigenvalue weighted by molar-refractivity contribution is -0.139. The maximum atomic E-state index is 12.1. The fourth-order valence-corrected chi connectivity index (χ4v) is 2.64. The summed E-state index contributed by atoms with van der Waals surface area (Å²) in [7, 11) is -3.89. The van der Waals surface area contributed by atoms with Crippen LogP contribution in [0.15, 0.2) is 17.0 Å². The van der Waals surface area contributed by atoms with Crippen LogP contribution in [0.1, 0.15) is 37.3 Å². The third-order valence-electron chi connectivity index (χ3n) is 2.88. The third-order valence-corrected chi connectivity index (χ3v) is 3.93. The Labute approximate surface area is 122 Å². The van der Waals surface area contributed by atoms with Gasteiger partial charge in [0.15, 0.2) is 0 Å². The fraction of sp³-hybridized carbons (Fsp3) is 0.538. The van der Waals surface area contributed by atoms with Crippen LogP contribution in [0.2, 0.25) is 0 Å². The van der Waals surface area contributed by atoms with Crippen LogP contribution in [0, 0.1) is 6.92 Å². The van der Waals surface area contributed by atoms with Crippen molar-refractivity contribution in [2.75, 3.05) is 6.61 Å². The average molecular weight is 325 g/mol. The molecule has 4 nitrogen and oxygen atoms in total. The number of alkyl halides is 3. The van der Waals surface area contributed by atoms with Gasteiger partial charge in [-0.15, -0.1) is 0 Å². The maximum absolute atomic E-state index is 12.1. The summed E-state index contributed by atoms with van der Waals surface area (Å²) < 4.78 is 64.5. The molecule has 0 unspecified atom stereocenters. The standard InChI is InChI=1S/C13H18F3NO3S/c1-8(2)10-7-12(21(17,18)19)9(3)6-11(10)20-5-4-13(14,15)16/h6-8H,4-5H2,1-3H3,(H2,17,18,19). The van der Waals surface area contributed by atoms with Crippen LogP contribution >= 0.6 is 0 Å². The van der Waals surface area contributed by atoms with Gasteiger partial charge in [0.05, 0.1) is 17.9 Å². The van der Waals surface area contributed by atoms with Gasteiger partial charge in [-0.1, -0.05) is 13.8 Å². The molecular weight excluding hydrogens is 307 g/mol. The van der Waals surface area contributed by atoms with Gasteiger partial charge in [0.25, 0.3) is 0 Å². The summed E-state index contributed by atoms with van der Waals surface area (Å²) in [6.07, 6.45) is -5.37. The van der Waals surface area contributed by atoms with E-state index >= 15 is 0 Å². The van der Waals surface area contributed by atoms with E-state index in [4.69, 9.17) is 9.88 Å². The lowest BCUT2D eigenvalue weighted by atomic mass is 10.0. The normalized spacial score (nSPS) is 12.8. The van der Waals surface area contributed by atoms with Crippen molar-refractivity contribution in [2.45, 2.75) is 44.2 Å². The van der Waals surface area contributed by atoms with Crippen molar-refractivity contribution in [3.05, 3.63) is 23.3 Å². The summed E-state index contributed by atoms with van der Waals surface area (Å²) in [5, 5.41) is 5.12. The van der Waals surface area contributed by atoms with Crippen molar-refractivity contribution < 1.29 is 26.3 Å². The molecule has 0 spiro atoms. The summed E-state index contributed by atoms with van der Waals surface area (Å²) in [5.74, 6) is 0.131. The topological polar surface area (TPSA) is 69.4 Å². The number of hydrogen-bond acceptors (Lipinski definition) is 3. The van der Waals surface area contributed by atoms with E-state index < -0.39 is 29.2 Å². The molecule has 1 aromatic rings. The molecule has 0 bridgehead atoms. The largest absolute Gasteiger partial charge is 0.493 e. The van der Waals surface area contributed by atoms with Gasteiger partial charge in [0.1, 0.15) is 5.75 Å². The van der Waals surface area contributed by atoms with Gasteiger partial charge in [-0.05, 0) is 36.1 Å². The number of nitrogens with two attached hydrogens (primary N) is 1. The Hall–Kier alpha value is -1.28. The Kier molecular flexibility index (Phi) is 5.27. The highest BCUT2D eigenvalue weighted by Crippen LogP contribution is 2.32. The molecule has 0 radical (unpaired) electrons. The second-order valence-corrected chi connectivity index (χ2v) is 6.60. The van der Waals surface area contributed by atoms with Crippen LogP contribution in [0.25, 0.3) is 0 Å². The molecule has 0 aliphatic carbocycles. The molecule has 1 aromatic carbocycles. The van der Waals surface area contributed by atoms with E-state index in [-0.39, 0.29) is 16.6 Å². The predicted molar refractivity (Wildman–Crippen MR) is 72.8 cm³/mol. The molecule has 0 aliphatic rings. The first-order chi connectivity index (χ1) is 9.42. The number of benzene rings is 1. The van der Waals surface area contributed by atoms with Gasteiger partial charge >= 0.3 is 6.18 Å². The molecule has 0 saturated carbocycles. The number of ether oxygens (including phenoxy) is 1. The molecule has 1 rings (SSSR count). The zero-order valence-electron chi connectivity index (χ0n) is 12.0. The second-order valence-electron chi connectivity index (χ2n) is 5.07. The SMILES string of the molecule is Cc1cc(OCCC(F)(F)F)c(C(C)C)cc1S(N)(=O)=O. The molecule has 0 saturated heterocycles. The number of sulfonamides is 1. The van der Waals surface area contributed by atoms with E-state index in [0.29, 0.717) is 11.1 Å². The fourth-order valence-electron chi connectivity index (χ4n) is 1.84.